The minimum absolute atomic E-state index is 0.849. The fourth-order valence-electron chi connectivity index (χ4n) is 4.45. The molecule has 30 heavy (non-hydrogen) atoms. The highest BCUT2D eigenvalue weighted by atomic mass is 15.1. The predicted octanol–water partition coefficient (Wildman–Crippen LogP) is 5.16. The van der Waals surface area contributed by atoms with Gasteiger partial charge in [0.2, 0.25) is 0 Å². The van der Waals surface area contributed by atoms with E-state index in [1.807, 2.05) is 24.3 Å². The van der Waals surface area contributed by atoms with Gasteiger partial charge >= 0.3 is 0 Å². The number of benzene rings is 1. The molecule has 1 saturated heterocycles. The van der Waals surface area contributed by atoms with E-state index in [4.69, 9.17) is 4.98 Å². The van der Waals surface area contributed by atoms with Gasteiger partial charge in [-0.2, -0.15) is 5.10 Å². The van der Waals surface area contributed by atoms with E-state index in [2.05, 4.69) is 49.3 Å². The molecule has 0 atom stereocenters. The highest BCUT2D eigenvalue weighted by Crippen LogP contribution is 2.34. The summed E-state index contributed by atoms with van der Waals surface area (Å²) in [5.74, 6) is 0. The smallest absolute Gasteiger partial charge is 0.135 e. The molecule has 0 aliphatic carbocycles. The molecule has 1 aliphatic heterocycles. The SMILES string of the molecule is c1cc(N2CCCCC2)c2cc(-c3n[nH]c4ccc(-c5ccncc5)nc34)[nH]c2c1. The van der Waals surface area contributed by atoms with Gasteiger partial charge in [0.1, 0.15) is 11.2 Å². The maximum absolute atomic E-state index is 4.91. The van der Waals surface area contributed by atoms with Crippen LogP contribution >= 0.6 is 0 Å². The summed E-state index contributed by atoms with van der Waals surface area (Å²) in [6, 6.07) is 16.7. The number of nitrogens with zero attached hydrogens (tertiary/aromatic N) is 4. The van der Waals surface area contributed by atoms with Crippen LogP contribution in [0.15, 0.2) is 60.9 Å². The number of fused-ring (bicyclic) bond motifs is 2. The van der Waals surface area contributed by atoms with Gasteiger partial charge in [0.25, 0.3) is 0 Å². The van der Waals surface area contributed by atoms with Gasteiger partial charge in [0.05, 0.1) is 16.9 Å². The second kappa shape index (κ2) is 6.99. The number of nitrogens with one attached hydrogen (secondary N) is 2. The van der Waals surface area contributed by atoms with E-state index in [1.54, 1.807) is 12.4 Å². The number of hydrogen-bond acceptors (Lipinski definition) is 4. The van der Waals surface area contributed by atoms with E-state index in [9.17, 15) is 0 Å². The summed E-state index contributed by atoms with van der Waals surface area (Å²) in [4.78, 5) is 15.1. The van der Waals surface area contributed by atoms with E-state index >= 15 is 0 Å². The molecule has 2 N–H and O–H groups in total. The lowest BCUT2D eigenvalue weighted by atomic mass is 10.1. The topological polar surface area (TPSA) is 73.5 Å². The van der Waals surface area contributed by atoms with Crippen molar-refractivity contribution in [2.24, 2.45) is 0 Å². The molecule has 1 aromatic carbocycles. The fraction of sp³-hybridized carbons (Fsp3) is 0.208. The van der Waals surface area contributed by atoms with Crippen LogP contribution in [0, 0.1) is 0 Å². The number of rotatable bonds is 3. The lowest BCUT2D eigenvalue weighted by Crippen LogP contribution is -2.29. The second-order valence-electron chi connectivity index (χ2n) is 7.87. The third-order valence-electron chi connectivity index (χ3n) is 5.98. The summed E-state index contributed by atoms with van der Waals surface area (Å²) in [5.41, 5.74) is 8.03. The first kappa shape index (κ1) is 17.2. The van der Waals surface area contributed by atoms with E-state index < -0.39 is 0 Å². The molecule has 6 rings (SSSR count). The third-order valence-corrected chi connectivity index (χ3v) is 5.98. The van der Waals surface area contributed by atoms with E-state index in [0.29, 0.717) is 0 Å². The maximum atomic E-state index is 4.91. The van der Waals surface area contributed by atoms with Crippen molar-refractivity contribution in [1.82, 2.24) is 25.1 Å². The molecule has 0 unspecified atom stereocenters. The van der Waals surface area contributed by atoms with Crippen molar-refractivity contribution in [3.63, 3.8) is 0 Å². The summed E-state index contributed by atoms with van der Waals surface area (Å²) in [6.45, 7) is 2.25. The number of piperidine rings is 1. The zero-order chi connectivity index (χ0) is 19.9. The summed E-state index contributed by atoms with van der Waals surface area (Å²) in [6.07, 6.45) is 7.43. The van der Waals surface area contributed by atoms with Crippen LogP contribution in [0.4, 0.5) is 5.69 Å². The van der Waals surface area contributed by atoms with Gasteiger partial charge in [0.15, 0.2) is 0 Å². The Bertz CT molecular complexity index is 1330. The molecule has 5 heterocycles. The highest BCUT2D eigenvalue weighted by molar-refractivity contribution is 5.99. The minimum Gasteiger partial charge on any atom is -0.371 e. The van der Waals surface area contributed by atoms with Crippen molar-refractivity contribution in [2.75, 3.05) is 18.0 Å². The minimum atomic E-state index is 0.849. The standard InChI is InChI=1S/C24H22N6/c1-2-13-30(14-3-1)22-6-4-5-19-17(22)15-21(26-19)24-23-20(28-29-24)8-7-18(27-23)16-9-11-25-12-10-16/h4-12,15,26H,1-3,13-14H2,(H,28,29). The number of aromatic amines is 2. The molecule has 5 aromatic rings. The lowest BCUT2D eigenvalue weighted by molar-refractivity contribution is 0.579. The molecule has 0 amide bonds. The summed E-state index contributed by atoms with van der Waals surface area (Å²) in [7, 11) is 0. The Morgan fingerprint density at radius 2 is 1.73 bits per heavy atom. The predicted molar refractivity (Wildman–Crippen MR) is 120 cm³/mol. The lowest BCUT2D eigenvalue weighted by Gasteiger charge is -2.29. The normalized spacial score (nSPS) is 14.6. The second-order valence-corrected chi connectivity index (χ2v) is 7.87. The number of anilines is 1. The highest BCUT2D eigenvalue weighted by Gasteiger charge is 2.18. The van der Waals surface area contributed by atoms with Gasteiger partial charge in [-0.05, 0) is 61.7 Å². The number of H-pyrrole nitrogens is 2. The van der Waals surface area contributed by atoms with E-state index in [1.165, 1.54) is 30.3 Å². The van der Waals surface area contributed by atoms with Crippen molar-refractivity contribution in [2.45, 2.75) is 19.3 Å². The van der Waals surface area contributed by atoms with Gasteiger partial charge in [-0.1, -0.05) is 6.07 Å². The molecule has 148 valence electrons. The van der Waals surface area contributed by atoms with Crippen LogP contribution < -0.4 is 4.90 Å². The Hall–Kier alpha value is -3.67. The molecule has 6 nitrogen and oxygen atoms in total. The molecule has 4 aromatic heterocycles. The quantitative estimate of drug-likeness (QED) is 0.443. The average Bonchev–Trinajstić information content (AvgIpc) is 3.43. The summed E-state index contributed by atoms with van der Waals surface area (Å²) >= 11 is 0. The van der Waals surface area contributed by atoms with Gasteiger partial charge < -0.3 is 9.88 Å². The van der Waals surface area contributed by atoms with E-state index in [0.717, 1.165) is 52.3 Å². The van der Waals surface area contributed by atoms with Crippen LogP contribution in [0.2, 0.25) is 0 Å². The van der Waals surface area contributed by atoms with Crippen molar-refractivity contribution in [3.8, 4) is 22.6 Å². The molecule has 0 saturated carbocycles. The molecule has 1 fully saturated rings. The molecular formula is C24H22N6. The van der Waals surface area contributed by atoms with Crippen molar-refractivity contribution < 1.29 is 0 Å². The molecule has 1 aliphatic rings. The van der Waals surface area contributed by atoms with E-state index in [-0.39, 0.29) is 0 Å². The molecule has 0 radical (unpaired) electrons. The van der Waals surface area contributed by atoms with Crippen molar-refractivity contribution in [1.29, 1.82) is 0 Å². The Morgan fingerprint density at radius 3 is 2.60 bits per heavy atom. The number of pyridine rings is 2. The zero-order valence-electron chi connectivity index (χ0n) is 16.6. The Labute approximate surface area is 174 Å². The van der Waals surface area contributed by atoms with Gasteiger partial charge in [-0.15, -0.1) is 0 Å². The summed E-state index contributed by atoms with van der Waals surface area (Å²) < 4.78 is 0. The first-order chi connectivity index (χ1) is 14.9. The average molecular weight is 394 g/mol. The van der Waals surface area contributed by atoms with Crippen molar-refractivity contribution >= 4 is 27.6 Å². The van der Waals surface area contributed by atoms with Crippen LogP contribution in [-0.2, 0) is 0 Å². The van der Waals surface area contributed by atoms with Crippen LogP contribution in [0.5, 0.6) is 0 Å². The zero-order valence-corrected chi connectivity index (χ0v) is 16.6. The van der Waals surface area contributed by atoms with Crippen LogP contribution in [0.25, 0.3) is 44.6 Å². The van der Waals surface area contributed by atoms with Crippen LogP contribution in [0.1, 0.15) is 19.3 Å². The van der Waals surface area contributed by atoms with Gasteiger partial charge in [0, 0.05) is 47.6 Å². The monoisotopic (exact) mass is 394 g/mol. The first-order valence-corrected chi connectivity index (χ1v) is 10.5. The Kier molecular flexibility index (Phi) is 4.01. The van der Waals surface area contributed by atoms with Gasteiger partial charge in [-0.25, -0.2) is 4.98 Å². The van der Waals surface area contributed by atoms with Crippen LogP contribution in [-0.4, -0.2) is 38.2 Å². The largest absolute Gasteiger partial charge is 0.371 e. The van der Waals surface area contributed by atoms with Crippen LogP contribution in [0.3, 0.4) is 0 Å². The Morgan fingerprint density at radius 1 is 0.867 bits per heavy atom. The number of aromatic nitrogens is 5. The molecule has 6 heteroatoms. The third kappa shape index (κ3) is 2.84. The number of hydrogen-bond donors (Lipinski definition) is 2. The Balaban J connectivity index is 1.47. The maximum Gasteiger partial charge on any atom is 0.135 e. The summed E-state index contributed by atoms with van der Waals surface area (Å²) in [5, 5.41) is 8.97. The van der Waals surface area contributed by atoms with Gasteiger partial charge in [-0.3, -0.25) is 10.1 Å². The van der Waals surface area contributed by atoms with Crippen molar-refractivity contribution in [3.05, 3.63) is 60.9 Å². The first-order valence-electron chi connectivity index (χ1n) is 10.5. The molecule has 0 spiro atoms. The molecular weight excluding hydrogens is 372 g/mol. The fourth-order valence-corrected chi connectivity index (χ4v) is 4.45. The molecule has 0 bridgehead atoms.